The van der Waals surface area contributed by atoms with Crippen LogP contribution in [-0.4, -0.2) is 50.4 Å². The van der Waals surface area contributed by atoms with Gasteiger partial charge >= 0.3 is 6.09 Å². The first-order chi connectivity index (χ1) is 13.5. The van der Waals surface area contributed by atoms with E-state index in [2.05, 4.69) is 25.3 Å². The van der Waals surface area contributed by atoms with Gasteiger partial charge in [0.1, 0.15) is 6.33 Å². The van der Waals surface area contributed by atoms with E-state index >= 15 is 0 Å². The van der Waals surface area contributed by atoms with Crippen LogP contribution in [0.1, 0.15) is 6.92 Å². The highest BCUT2D eigenvalue weighted by atomic mass is 35.5. The van der Waals surface area contributed by atoms with Gasteiger partial charge in [0.2, 0.25) is 0 Å². The van der Waals surface area contributed by atoms with E-state index in [1.165, 1.54) is 6.20 Å². The highest BCUT2D eigenvalue weighted by Crippen LogP contribution is 2.25. The lowest BCUT2D eigenvalue weighted by atomic mass is 10.3. The minimum atomic E-state index is -0.600. The number of methoxy groups -OCH3 is 1. The van der Waals surface area contributed by atoms with Gasteiger partial charge in [-0.1, -0.05) is 11.6 Å². The zero-order valence-electron chi connectivity index (χ0n) is 15.1. The number of carbonyl (C=O) groups excluding carboxylic acids is 1. The third-order valence-corrected chi connectivity index (χ3v) is 4.31. The number of aromatic amines is 1. The Hall–Kier alpha value is -3.17. The SMILES string of the molecule is COC[C@H](C)NC(=O)Oc1c[nH]c2ncc(-n3cnc4ccc(Cl)cc43)nc12. The highest BCUT2D eigenvalue weighted by Gasteiger charge is 2.16. The van der Waals surface area contributed by atoms with Gasteiger partial charge in [0.25, 0.3) is 0 Å². The number of hydrogen-bond donors (Lipinski definition) is 2. The summed E-state index contributed by atoms with van der Waals surface area (Å²) in [5, 5.41) is 3.27. The lowest BCUT2D eigenvalue weighted by Gasteiger charge is -2.12. The van der Waals surface area contributed by atoms with E-state index in [4.69, 9.17) is 21.1 Å². The molecule has 1 atom stereocenters. The minimum absolute atomic E-state index is 0.189. The molecule has 0 spiro atoms. The van der Waals surface area contributed by atoms with Crippen molar-refractivity contribution in [1.82, 2.24) is 29.8 Å². The molecule has 4 rings (SSSR count). The normalized spacial score (nSPS) is 12.4. The van der Waals surface area contributed by atoms with Crippen molar-refractivity contribution in [2.24, 2.45) is 0 Å². The Kier molecular flexibility index (Phi) is 4.84. The largest absolute Gasteiger partial charge is 0.413 e. The van der Waals surface area contributed by atoms with E-state index in [1.54, 1.807) is 36.3 Å². The number of amides is 1. The molecule has 0 aliphatic rings. The third-order valence-electron chi connectivity index (χ3n) is 4.07. The summed E-state index contributed by atoms with van der Waals surface area (Å²) in [6, 6.07) is 5.22. The molecule has 0 saturated heterocycles. The summed E-state index contributed by atoms with van der Waals surface area (Å²) in [7, 11) is 1.56. The first-order valence-corrected chi connectivity index (χ1v) is 8.87. The molecule has 10 heteroatoms. The van der Waals surface area contributed by atoms with Crippen molar-refractivity contribution in [3.63, 3.8) is 0 Å². The van der Waals surface area contributed by atoms with Gasteiger partial charge in [-0.3, -0.25) is 4.57 Å². The molecule has 0 aliphatic carbocycles. The molecule has 28 heavy (non-hydrogen) atoms. The van der Waals surface area contributed by atoms with Gasteiger partial charge in [-0.05, 0) is 25.1 Å². The maximum atomic E-state index is 12.1. The number of rotatable bonds is 5. The van der Waals surface area contributed by atoms with Crippen molar-refractivity contribution in [2.75, 3.05) is 13.7 Å². The van der Waals surface area contributed by atoms with Crippen LogP contribution in [0.4, 0.5) is 4.79 Å². The molecule has 1 amide bonds. The molecule has 4 aromatic rings. The Bertz CT molecular complexity index is 1150. The Morgan fingerprint density at radius 2 is 2.25 bits per heavy atom. The number of halogens is 1. The van der Waals surface area contributed by atoms with Gasteiger partial charge in [-0.15, -0.1) is 0 Å². The fourth-order valence-corrected chi connectivity index (χ4v) is 3.01. The number of fused-ring (bicyclic) bond motifs is 2. The third kappa shape index (κ3) is 3.49. The van der Waals surface area contributed by atoms with E-state index < -0.39 is 6.09 Å². The zero-order valence-corrected chi connectivity index (χ0v) is 15.9. The molecule has 0 saturated carbocycles. The van der Waals surface area contributed by atoms with Gasteiger partial charge in [-0.2, -0.15) is 0 Å². The molecule has 0 bridgehead atoms. The summed E-state index contributed by atoms with van der Waals surface area (Å²) in [6.07, 6.45) is 4.18. The second kappa shape index (κ2) is 7.45. The van der Waals surface area contributed by atoms with Crippen molar-refractivity contribution < 1.29 is 14.3 Å². The maximum absolute atomic E-state index is 12.1. The first kappa shape index (κ1) is 18.2. The number of nitrogens with zero attached hydrogens (tertiary/aromatic N) is 4. The molecule has 144 valence electrons. The van der Waals surface area contributed by atoms with Gasteiger partial charge < -0.3 is 19.8 Å². The van der Waals surface area contributed by atoms with Crippen LogP contribution >= 0.6 is 11.6 Å². The van der Waals surface area contributed by atoms with Crippen molar-refractivity contribution >= 4 is 39.9 Å². The predicted octanol–water partition coefficient (Wildman–Crippen LogP) is 3.07. The van der Waals surface area contributed by atoms with Crippen LogP contribution in [0, 0.1) is 0 Å². The molecule has 0 fully saturated rings. The Labute approximate surface area is 164 Å². The monoisotopic (exact) mass is 400 g/mol. The Morgan fingerprint density at radius 3 is 3.07 bits per heavy atom. The van der Waals surface area contributed by atoms with Crippen LogP contribution in [0.25, 0.3) is 28.0 Å². The molecule has 0 unspecified atom stereocenters. The van der Waals surface area contributed by atoms with Crippen LogP contribution in [0.15, 0.2) is 36.9 Å². The zero-order chi connectivity index (χ0) is 19.7. The summed E-state index contributed by atoms with van der Waals surface area (Å²) in [5.41, 5.74) is 2.50. The second-order valence-corrected chi connectivity index (χ2v) is 6.65. The standard InChI is InChI=1S/C18H17ClN6O3/c1-10(8-27-2)23-18(26)28-14-6-20-17-16(14)24-15(7-21-17)25-9-22-12-4-3-11(19)5-13(12)25/h3-7,9-10H,8H2,1-2H3,(H,20,21)(H,23,26)/t10-/m0/s1. The van der Waals surface area contributed by atoms with Crippen molar-refractivity contribution in [1.29, 1.82) is 0 Å². The number of hydrogen-bond acceptors (Lipinski definition) is 6. The van der Waals surface area contributed by atoms with Crippen LogP contribution in [0.2, 0.25) is 5.02 Å². The fourth-order valence-electron chi connectivity index (χ4n) is 2.84. The van der Waals surface area contributed by atoms with Crippen LogP contribution in [-0.2, 0) is 4.74 Å². The Balaban J connectivity index is 1.66. The number of nitrogens with one attached hydrogen (secondary N) is 2. The van der Waals surface area contributed by atoms with E-state index in [-0.39, 0.29) is 11.8 Å². The Morgan fingerprint density at radius 1 is 1.39 bits per heavy atom. The van der Waals surface area contributed by atoms with E-state index in [0.717, 1.165) is 11.0 Å². The lowest BCUT2D eigenvalue weighted by molar-refractivity contribution is 0.159. The summed E-state index contributed by atoms with van der Waals surface area (Å²) in [4.78, 5) is 28.3. The number of carbonyl (C=O) groups is 1. The molecule has 0 aliphatic heterocycles. The summed E-state index contributed by atoms with van der Waals surface area (Å²) >= 11 is 6.10. The maximum Gasteiger partial charge on any atom is 0.413 e. The molecule has 3 aromatic heterocycles. The van der Waals surface area contributed by atoms with Crippen molar-refractivity contribution in [3.8, 4) is 11.6 Å². The number of imidazole rings is 1. The number of ether oxygens (including phenoxy) is 2. The molecule has 2 N–H and O–H groups in total. The van der Waals surface area contributed by atoms with Crippen molar-refractivity contribution in [3.05, 3.63) is 41.9 Å². The average Bonchev–Trinajstić information content (AvgIpc) is 3.25. The van der Waals surface area contributed by atoms with Crippen LogP contribution in [0.3, 0.4) is 0 Å². The average molecular weight is 401 g/mol. The molecular formula is C18H17ClN6O3. The van der Waals surface area contributed by atoms with E-state index in [0.29, 0.717) is 28.6 Å². The van der Waals surface area contributed by atoms with Gasteiger partial charge in [0, 0.05) is 18.3 Å². The molecule has 9 nitrogen and oxygen atoms in total. The lowest BCUT2D eigenvalue weighted by Crippen LogP contribution is -2.37. The topological polar surface area (TPSA) is 107 Å². The van der Waals surface area contributed by atoms with Gasteiger partial charge in [0.05, 0.1) is 29.9 Å². The molecule has 1 aromatic carbocycles. The minimum Gasteiger partial charge on any atom is -0.406 e. The highest BCUT2D eigenvalue weighted by molar-refractivity contribution is 6.31. The van der Waals surface area contributed by atoms with Crippen LogP contribution in [0.5, 0.6) is 5.75 Å². The van der Waals surface area contributed by atoms with Crippen LogP contribution < -0.4 is 10.1 Å². The quantitative estimate of drug-likeness (QED) is 0.533. The summed E-state index contributed by atoms with van der Waals surface area (Å²) in [5.74, 6) is 0.795. The summed E-state index contributed by atoms with van der Waals surface area (Å²) < 4.78 is 12.1. The van der Waals surface area contributed by atoms with E-state index in [1.807, 2.05) is 13.0 Å². The van der Waals surface area contributed by atoms with Gasteiger partial charge in [-0.25, -0.2) is 19.7 Å². The van der Waals surface area contributed by atoms with E-state index in [9.17, 15) is 4.79 Å². The smallest absolute Gasteiger partial charge is 0.406 e. The summed E-state index contributed by atoms with van der Waals surface area (Å²) in [6.45, 7) is 2.19. The number of aromatic nitrogens is 5. The molecule has 0 radical (unpaired) electrons. The van der Waals surface area contributed by atoms with Gasteiger partial charge in [0.15, 0.2) is 22.7 Å². The first-order valence-electron chi connectivity index (χ1n) is 8.49. The fraction of sp³-hybridized carbons (Fsp3) is 0.222. The predicted molar refractivity (Wildman–Crippen MR) is 104 cm³/mol. The number of benzene rings is 1. The molecular weight excluding hydrogens is 384 g/mol. The second-order valence-electron chi connectivity index (χ2n) is 6.22. The van der Waals surface area contributed by atoms with Crippen molar-refractivity contribution in [2.45, 2.75) is 13.0 Å². The number of H-pyrrole nitrogens is 1. The molecule has 3 heterocycles.